The first-order valence-electron chi connectivity index (χ1n) is 5.49. The number of benzene rings is 2. The molecule has 0 saturated carbocycles. The summed E-state index contributed by atoms with van der Waals surface area (Å²) >= 11 is 3.29. The lowest BCUT2D eigenvalue weighted by Gasteiger charge is -1.88. The van der Waals surface area contributed by atoms with E-state index in [1.165, 1.54) is 0 Å². The molecule has 0 saturated heterocycles. The number of rotatable bonds is 0. The number of aromatic nitrogens is 1. The monoisotopic (exact) mass is 303 g/mol. The maximum Gasteiger partial charge on any atom is 0.0571 e. The van der Waals surface area contributed by atoms with Crippen molar-refractivity contribution in [1.82, 2.24) is 4.98 Å². The molecule has 0 aliphatic heterocycles. The van der Waals surface area contributed by atoms with Crippen molar-refractivity contribution in [3.05, 3.63) is 59.2 Å². The Bertz CT molecular complexity index is 608. The molecule has 0 spiro atoms. The van der Waals surface area contributed by atoms with E-state index in [9.17, 15) is 0 Å². The highest BCUT2D eigenvalue weighted by Gasteiger charge is 1.95. The fourth-order valence-corrected chi connectivity index (χ4v) is 1.82. The number of aromatic amines is 1. The van der Waals surface area contributed by atoms with E-state index in [2.05, 4.69) is 20.9 Å². The molecule has 92 valence electrons. The second-order valence-electron chi connectivity index (χ2n) is 3.84. The molecule has 3 nitrogen and oxygen atoms in total. The molecule has 0 aliphatic carbocycles. The number of para-hydroxylation sites is 1. The number of nitrogens with two attached hydrogens (primary N) is 2. The van der Waals surface area contributed by atoms with Crippen LogP contribution in [0.2, 0.25) is 0 Å². The van der Waals surface area contributed by atoms with Crippen molar-refractivity contribution in [2.75, 3.05) is 11.5 Å². The van der Waals surface area contributed by atoms with E-state index in [4.69, 9.17) is 11.5 Å². The summed E-state index contributed by atoms with van der Waals surface area (Å²) in [5.74, 6) is 0. The zero-order valence-electron chi connectivity index (χ0n) is 9.73. The molecule has 5 N–H and O–H groups in total. The van der Waals surface area contributed by atoms with Crippen molar-refractivity contribution >= 4 is 38.2 Å². The molecule has 4 heteroatoms. The molecule has 3 aromatic rings. The molecule has 18 heavy (non-hydrogen) atoms. The van der Waals surface area contributed by atoms with Gasteiger partial charge in [0.05, 0.1) is 5.69 Å². The van der Waals surface area contributed by atoms with Gasteiger partial charge in [-0.1, -0.05) is 34.1 Å². The van der Waals surface area contributed by atoms with Gasteiger partial charge in [0.15, 0.2) is 0 Å². The number of halogens is 1. The van der Waals surface area contributed by atoms with Gasteiger partial charge < -0.3 is 16.5 Å². The van der Waals surface area contributed by atoms with E-state index in [-0.39, 0.29) is 0 Å². The molecule has 2 aromatic carbocycles. The van der Waals surface area contributed by atoms with Crippen LogP contribution in [0.25, 0.3) is 10.9 Å². The van der Waals surface area contributed by atoms with Gasteiger partial charge in [0, 0.05) is 27.3 Å². The summed E-state index contributed by atoms with van der Waals surface area (Å²) in [7, 11) is 0. The number of hydrogen-bond donors (Lipinski definition) is 3. The van der Waals surface area contributed by atoms with Crippen LogP contribution in [0.15, 0.2) is 59.2 Å². The summed E-state index contributed by atoms with van der Waals surface area (Å²) in [6.45, 7) is 0. The normalized spacial score (nSPS) is 9.83. The molecule has 1 aromatic heterocycles. The lowest BCUT2D eigenvalue weighted by atomic mass is 10.2. The molecule has 0 radical (unpaired) electrons. The lowest BCUT2D eigenvalue weighted by molar-refractivity contribution is 1.48. The van der Waals surface area contributed by atoms with Crippen LogP contribution in [0.4, 0.5) is 11.4 Å². The van der Waals surface area contributed by atoms with Gasteiger partial charge in [0.2, 0.25) is 0 Å². The Balaban J connectivity index is 0.000000138. The number of nitrogen functional groups attached to an aromatic ring is 2. The van der Waals surface area contributed by atoms with Crippen LogP contribution < -0.4 is 11.5 Å². The molecule has 0 aliphatic rings. The van der Waals surface area contributed by atoms with E-state index in [0.29, 0.717) is 0 Å². The predicted octanol–water partition coefficient (Wildman–Crippen LogP) is 3.78. The van der Waals surface area contributed by atoms with Gasteiger partial charge in [-0.05, 0) is 30.3 Å². The lowest BCUT2D eigenvalue weighted by Crippen LogP contribution is -1.80. The fourth-order valence-electron chi connectivity index (χ4n) is 1.56. The summed E-state index contributed by atoms with van der Waals surface area (Å²) in [5.41, 5.74) is 13.8. The first-order chi connectivity index (χ1) is 8.66. The van der Waals surface area contributed by atoms with Crippen LogP contribution in [0, 0.1) is 0 Å². The zero-order chi connectivity index (χ0) is 13.0. The Morgan fingerprint density at radius 3 is 2.17 bits per heavy atom. The maximum atomic E-state index is 5.64. The van der Waals surface area contributed by atoms with E-state index >= 15 is 0 Å². The van der Waals surface area contributed by atoms with Crippen molar-refractivity contribution in [3.63, 3.8) is 0 Å². The molecular weight excluding hydrogens is 290 g/mol. The Labute approximate surface area is 114 Å². The van der Waals surface area contributed by atoms with E-state index in [0.717, 1.165) is 26.8 Å². The Kier molecular flexibility index (Phi) is 3.89. The van der Waals surface area contributed by atoms with Crippen LogP contribution in [0.5, 0.6) is 0 Å². The van der Waals surface area contributed by atoms with Crippen molar-refractivity contribution in [2.45, 2.75) is 0 Å². The minimum atomic E-state index is 0.799. The third-order valence-corrected chi connectivity index (χ3v) is 3.02. The Morgan fingerprint density at radius 2 is 1.56 bits per heavy atom. The average Bonchev–Trinajstić information content (AvgIpc) is 2.76. The topological polar surface area (TPSA) is 67.8 Å². The smallest absolute Gasteiger partial charge is 0.0571 e. The second kappa shape index (κ2) is 5.60. The van der Waals surface area contributed by atoms with Crippen molar-refractivity contribution in [2.24, 2.45) is 0 Å². The summed E-state index contributed by atoms with van der Waals surface area (Å²) in [6.07, 6.45) is 1.81. The highest BCUT2D eigenvalue weighted by atomic mass is 79.9. The van der Waals surface area contributed by atoms with Gasteiger partial charge in [0.25, 0.3) is 0 Å². The SMILES string of the molecule is Nc1c[nH]c2ccccc12.Nc1ccc(Br)cc1. The quantitative estimate of drug-likeness (QED) is 0.553. The van der Waals surface area contributed by atoms with Crippen LogP contribution in [-0.4, -0.2) is 4.98 Å². The molecule has 1 heterocycles. The largest absolute Gasteiger partial charge is 0.399 e. The molecule has 0 unspecified atom stereocenters. The number of fused-ring (bicyclic) bond motifs is 1. The highest BCUT2D eigenvalue weighted by molar-refractivity contribution is 9.10. The van der Waals surface area contributed by atoms with Gasteiger partial charge in [-0.15, -0.1) is 0 Å². The summed E-state index contributed by atoms with van der Waals surface area (Å²) in [6, 6.07) is 15.5. The maximum absolute atomic E-state index is 5.64. The first kappa shape index (κ1) is 12.5. The molecule has 0 amide bonds. The van der Waals surface area contributed by atoms with Crippen molar-refractivity contribution in [3.8, 4) is 0 Å². The zero-order valence-corrected chi connectivity index (χ0v) is 11.3. The number of H-pyrrole nitrogens is 1. The van der Waals surface area contributed by atoms with Crippen LogP contribution in [0.3, 0.4) is 0 Å². The fraction of sp³-hybridized carbons (Fsp3) is 0. The molecule has 0 fully saturated rings. The summed E-state index contributed by atoms with van der Waals surface area (Å²) in [4.78, 5) is 3.06. The van der Waals surface area contributed by atoms with E-state index in [1.807, 2.05) is 54.7 Å². The van der Waals surface area contributed by atoms with E-state index < -0.39 is 0 Å². The van der Waals surface area contributed by atoms with Crippen LogP contribution >= 0.6 is 15.9 Å². The Morgan fingerprint density at radius 1 is 0.889 bits per heavy atom. The summed E-state index contributed by atoms with van der Waals surface area (Å²) < 4.78 is 1.06. The Hall–Kier alpha value is -1.94. The number of anilines is 2. The third-order valence-electron chi connectivity index (χ3n) is 2.49. The van der Waals surface area contributed by atoms with Gasteiger partial charge in [0.1, 0.15) is 0 Å². The number of nitrogens with one attached hydrogen (secondary N) is 1. The van der Waals surface area contributed by atoms with Crippen LogP contribution in [0.1, 0.15) is 0 Å². The van der Waals surface area contributed by atoms with Crippen molar-refractivity contribution in [1.29, 1.82) is 0 Å². The van der Waals surface area contributed by atoms with Gasteiger partial charge >= 0.3 is 0 Å². The first-order valence-corrected chi connectivity index (χ1v) is 6.29. The molecule has 0 atom stereocenters. The molecule has 0 bridgehead atoms. The minimum Gasteiger partial charge on any atom is -0.399 e. The summed E-state index contributed by atoms with van der Waals surface area (Å²) in [5, 5.41) is 1.10. The second-order valence-corrected chi connectivity index (χ2v) is 4.76. The van der Waals surface area contributed by atoms with Gasteiger partial charge in [-0.25, -0.2) is 0 Å². The minimum absolute atomic E-state index is 0.799. The number of hydrogen-bond acceptors (Lipinski definition) is 2. The van der Waals surface area contributed by atoms with E-state index in [1.54, 1.807) is 0 Å². The standard InChI is InChI=1S/C8H8N2.C6H6BrN/c9-7-5-10-8-4-2-1-3-6(7)8;7-5-1-3-6(8)4-2-5/h1-5,10H,9H2;1-4H,8H2. The molecular formula is C14H14BrN3. The van der Waals surface area contributed by atoms with Crippen LogP contribution in [-0.2, 0) is 0 Å². The van der Waals surface area contributed by atoms with Gasteiger partial charge in [-0.2, -0.15) is 0 Å². The highest BCUT2D eigenvalue weighted by Crippen LogP contribution is 2.18. The molecule has 3 rings (SSSR count). The van der Waals surface area contributed by atoms with Crippen molar-refractivity contribution < 1.29 is 0 Å². The van der Waals surface area contributed by atoms with Gasteiger partial charge in [-0.3, -0.25) is 0 Å². The average molecular weight is 304 g/mol. The third kappa shape index (κ3) is 3.05. The predicted molar refractivity (Wildman–Crippen MR) is 81.3 cm³/mol.